The maximum atomic E-state index is 4.68. The summed E-state index contributed by atoms with van der Waals surface area (Å²) in [6.45, 7) is 7.74. The van der Waals surface area contributed by atoms with Gasteiger partial charge in [-0.2, -0.15) is 0 Å². The quantitative estimate of drug-likeness (QED) is 0.767. The zero-order valence-electron chi connectivity index (χ0n) is 10.3. The molecule has 0 unspecified atom stereocenters. The summed E-state index contributed by atoms with van der Waals surface area (Å²) in [5, 5.41) is 4.68. The Morgan fingerprint density at radius 3 is 2.21 bits per heavy atom. The molecule has 0 saturated carbocycles. The fourth-order valence-electron chi connectivity index (χ4n) is 1.34. The molecule has 1 heterocycles. The van der Waals surface area contributed by atoms with Gasteiger partial charge in [-0.25, -0.2) is 0 Å². The molecule has 0 amide bonds. The van der Waals surface area contributed by atoms with Gasteiger partial charge in [0.25, 0.3) is 0 Å². The van der Waals surface area contributed by atoms with Gasteiger partial charge in [0.1, 0.15) is 0 Å². The average Bonchev–Trinajstić information content (AvgIpc) is 2.29. The Labute approximate surface area is 91.6 Å². The summed E-state index contributed by atoms with van der Waals surface area (Å²) in [7, 11) is 0. The first-order valence-electron chi connectivity index (χ1n) is 5.22. The van der Waals surface area contributed by atoms with E-state index in [0.29, 0.717) is 5.41 Å². The Morgan fingerprint density at radius 2 is 1.86 bits per heavy atom. The summed E-state index contributed by atoms with van der Waals surface area (Å²) in [6, 6.07) is 2.21. The Hall–Kier alpha value is 0.00870. The Bertz CT molecular complexity index is 302. The second-order valence-corrected chi connectivity index (χ2v) is 20.5. The van der Waals surface area contributed by atoms with Crippen LogP contribution in [0.3, 0.4) is 0 Å². The predicted octanol–water partition coefficient (Wildman–Crippen LogP) is 2.47. The molecule has 3 heteroatoms. The van der Waals surface area contributed by atoms with Crippen molar-refractivity contribution in [2.45, 2.75) is 42.1 Å². The van der Waals surface area contributed by atoms with Gasteiger partial charge >= 0.3 is 91.7 Å². The van der Waals surface area contributed by atoms with Crippen LogP contribution in [-0.4, -0.2) is 28.2 Å². The SMILES string of the molecule is CC(C)(C)Cn1cc[c]([Sn]([CH3])([CH3])[CH3])n1. The van der Waals surface area contributed by atoms with Crippen molar-refractivity contribution in [3.63, 3.8) is 0 Å². The van der Waals surface area contributed by atoms with E-state index in [1.807, 2.05) is 0 Å². The van der Waals surface area contributed by atoms with E-state index >= 15 is 0 Å². The fraction of sp³-hybridized carbons (Fsp3) is 0.727. The van der Waals surface area contributed by atoms with Crippen molar-refractivity contribution < 1.29 is 0 Å². The third kappa shape index (κ3) is 3.64. The number of nitrogens with zero attached hydrogens (tertiary/aromatic N) is 2. The van der Waals surface area contributed by atoms with Gasteiger partial charge in [-0.1, -0.05) is 0 Å². The van der Waals surface area contributed by atoms with E-state index in [-0.39, 0.29) is 0 Å². The van der Waals surface area contributed by atoms with Crippen molar-refractivity contribution in [1.29, 1.82) is 0 Å². The van der Waals surface area contributed by atoms with E-state index in [1.165, 1.54) is 3.71 Å². The van der Waals surface area contributed by atoms with Gasteiger partial charge in [-0.15, -0.1) is 0 Å². The summed E-state index contributed by atoms with van der Waals surface area (Å²) in [6.07, 6.45) is 2.13. The van der Waals surface area contributed by atoms with Crippen LogP contribution in [0.1, 0.15) is 20.8 Å². The first-order chi connectivity index (χ1) is 6.18. The van der Waals surface area contributed by atoms with Gasteiger partial charge in [0.2, 0.25) is 0 Å². The second kappa shape index (κ2) is 3.87. The third-order valence-corrected chi connectivity index (χ3v) is 7.19. The first kappa shape index (κ1) is 12.1. The molecular weight excluding hydrogens is 279 g/mol. The molecule has 0 atom stereocenters. The molecule has 0 N–H and O–H groups in total. The zero-order valence-corrected chi connectivity index (χ0v) is 13.1. The monoisotopic (exact) mass is 302 g/mol. The van der Waals surface area contributed by atoms with Gasteiger partial charge < -0.3 is 0 Å². The van der Waals surface area contributed by atoms with Crippen molar-refractivity contribution in [2.24, 2.45) is 5.41 Å². The molecule has 80 valence electrons. The normalized spacial score (nSPS) is 13.3. The molecule has 0 bridgehead atoms. The number of aromatic nitrogens is 2. The summed E-state index contributed by atoms with van der Waals surface area (Å²) in [4.78, 5) is 7.20. The maximum absolute atomic E-state index is 4.68. The minimum atomic E-state index is -1.92. The molecule has 0 aliphatic rings. The van der Waals surface area contributed by atoms with Crippen molar-refractivity contribution in [2.75, 3.05) is 0 Å². The molecule has 0 radical (unpaired) electrons. The fourth-order valence-corrected chi connectivity index (χ4v) is 4.20. The van der Waals surface area contributed by atoms with Crippen molar-refractivity contribution >= 4 is 22.1 Å². The van der Waals surface area contributed by atoms with Crippen LogP contribution in [-0.2, 0) is 6.54 Å². The molecule has 0 aliphatic heterocycles. The van der Waals surface area contributed by atoms with Crippen molar-refractivity contribution in [3.8, 4) is 0 Å². The zero-order chi connectivity index (χ0) is 11.0. The van der Waals surface area contributed by atoms with Crippen molar-refractivity contribution in [3.05, 3.63) is 12.3 Å². The van der Waals surface area contributed by atoms with Gasteiger partial charge in [-0.3, -0.25) is 0 Å². The van der Waals surface area contributed by atoms with Crippen molar-refractivity contribution in [1.82, 2.24) is 9.78 Å². The van der Waals surface area contributed by atoms with Gasteiger partial charge in [0.05, 0.1) is 0 Å². The minimum absolute atomic E-state index is 0.316. The molecule has 1 aromatic heterocycles. The summed E-state index contributed by atoms with van der Waals surface area (Å²) < 4.78 is 3.47. The van der Waals surface area contributed by atoms with Crippen LogP contribution in [0.2, 0.25) is 14.8 Å². The molecule has 0 saturated heterocycles. The van der Waals surface area contributed by atoms with E-state index in [0.717, 1.165) is 6.54 Å². The molecule has 1 rings (SSSR count). The first-order valence-corrected chi connectivity index (χ1v) is 15.2. The summed E-state index contributed by atoms with van der Waals surface area (Å²) in [5.41, 5.74) is 0.316. The molecule has 1 aromatic rings. The van der Waals surface area contributed by atoms with E-state index in [1.54, 1.807) is 0 Å². The van der Waals surface area contributed by atoms with E-state index in [4.69, 9.17) is 0 Å². The van der Waals surface area contributed by atoms with Crippen LogP contribution in [0.25, 0.3) is 0 Å². The number of rotatable bonds is 2. The van der Waals surface area contributed by atoms with Gasteiger partial charge in [0.15, 0.2) is 0 Å². The van der Waals surface area contributed by atoms with Crippen LogP contribution in [0.5, 0.6) is 0 Å². The standard InChI is InChI=1S/C8H13N2.3CH3.Sn/c1-8(2,3)7-10-6-4-5-9-10;;;;/h4,6H,7H2,1-3H3;3*1H3;. The Kier molecular flexibility index (Phi) is 3.34. The third-order valence-electron chi connectivity index (χ3n) is 2.05. The van der Waals surface area contributed by atoms with E-state index in [9.17, 15) is 0 Å². The van der Waals surface area contributed by atoms with Crippen LogP contribution in [0.4, 0.5) is 0 Å². The molecule has 2 nitrogen and oxygen atoms in total. The second-order valence-electron chi connectivity index (χ2n) is 6.21. The Morgan fingerprint density at radius 1 is 1.29 bits per heavy atom. The molecule has 0 aromatic carbocycles. The number of hydrogen-bond donors (Lipinski definition) is 0. The average molecular weight is 301 g/mol. The predicted molar refractivity (Wildman–Crippen MR) is 64.7 cm³/mol. The van der Waals surface area contributed by atoms with Crippen LogP contribution < -0.4 is 3.71 Å². The van der Waals surface area contributed by atoms with Gasteiger partial charge in [-0.05, 0) is 0 Å². The molecule has 14 heavy (non-hydrogen) atoms. The molecular formula is C11H22N2Sn. The summed E-state index contributed by atoms with van der Waals surface area (Å²) >= 11 is -1.92. The van der Waals surface area contributed by atoms with Crippen LogP contribution >= 0.6 is 0 Å². The molecule has 0 fully saturated rings. The molecule has 0 aliphatic carbocycles. The number of hydrogen-bond acceptors (Lipinski definition) is 1. The van der Waals surface area contributed by atoms with E-state index in [2.05, 4.69) is 57.6 Å². The van der Waals surface area contributed by atoms with Crippen LogP contribution in [0.15, 0.2) is 12.3 Å². The summed E-state index contributed by atoms with van der Waals surface area (Å²) in [5.74, 6) is 0. The molecule has 0 spiro atoms. The van der Waals surface area contributed by atoms with E-state index < -0.39 is 18.4 Å². The topological polar surface area (TPSA) is 17.8 Å². The van der Waals surface area contributed by atoms with Gasteiger partial charge in [0, 0.05) is 0 Å². The van der Waals surface area contributed by atoms with Crippen LogP contribution in [0, 0.1) is 5.41 Å². The Balaban J connectivity index is 2.79.